The molecule has 0 bridgehead atoms. The molecule has 0 heterocycles. The first-order valence-corrected chi connectivity index (χ1v) is 7.17. The third-order valence-corrected chi connectivity index (χ3v) is 3.04. The van der Waals surface area contributed by atoms with E-state index in [4.69, 9.17) is 9.84 Å². The highest BCUT2D eigenvalue weighted by atomic mass is 16.5. The molecule has 0 aliphatic carbocycles. The molecule has 2 rings (SSSR count). The molecular weight excluding hydrogens is 296 g/mol. The van der Waals surface area contributed by atoms with Gasteiger partial charge in [0, 0.05) is 16.9 Å². The van der Waals surface area contributed by atoms with Crippen molar-refractivity contribution in [2.24, 2.45) is 0 Å². The minimum absolute atomic E-state index is 0.0854. The minimum Gasteiger partial charge on any atom is -0.450 e. The molecule has 0 atom stereocenters. The van der Waals surface area contributed by atoms with Crippen LogP contribution in [0.4, 0.5) is 16.2 Å². The van der Waals surface area contributed by atoms with Crippen LogP contribution in [0.5, 0.6) is 0 Å². The molecule has 2 aromatic carbocycles. The minimum atomic E-state index is -0.537. The quantitative estimate of drug-likeness (QED) is 0.791. The lowest BCUT2D eigenvalue weighted by molar-refractivity contribution is 0.102. The molecule has 0 aromatic heterocycles. The third kappa shape index (κ3) is 4.82. The number of amides is 2. The lowest BCUT2D eigenvalue weighted by Crippen LogP contribution is -2.14. The summed E-state index contributed by atoms with van der Waals surface area (Å²) in [6.45, 7) is 1.93. The molecule has 120 valence electrons. The van der Waals surface area contributed by atoms with Crippen molar-refractivity contribution in [3.8, 4) is 0 Å². The van der Waals surface area contributed by atoms with Crippen LogP contribution in [-0.2, 0) is 11.3 Å². The highest BCUT2D eigenvalue weighted by molar-refractivity contribution is 6.04. The summed E-state index contributed by atoms with van der Waals surface area (Å²) in [6, 6.07) is 13.4. The lowest BCUT2D eigenvalue weighted by Gasteiger charge is -2.08. The van der Waals surface area contributed by atoms with Gasteiger partial charge in [0.25, 0.3) is 5.91 Å². The summed E-state index contributed by atoms with van der Waals surface area (Å²) < 4.78 is 4.77. The number of benzene rings is 2. The van der Waals surface area contributed by atoms with Crippen molar-refractivity contribution >= 4 is 23.4 Å². The van der Waals surface area contributed by atoms with Crippen LogP contribution in [0.2, 0.25) is 0 Å². The van der Waals surface area contributed by atoms with Gasteiger partial charge in [-0.3, -0.25) is 10.1 Å². The molecule has 0 aliphatic heterocycles. The monoisotopic (exact) mass is 314 g/mol. The molecule has 2 amide bonds. The first kappa shape index (κ1) is 16.5. The molecule has 0 aliphatic rings. The number of anilines is 2. The Hall–Kier alpha value is -2.86. The van der Waals surface area contributed by atoms with E-state index in [2.05, 4.69) is 10.6 Å². The summed E-state index contributed by atoms with van der Waals surface area (Å²) in [7, 11) is 0. The van der Waals surface area contributed by atoms with E-state index < -0.39 is 6.09 Å². The SMILES string of the molecule is CCOC(=O)Nc1ccc(C(=O)Nc2cccc(CO)c2)cc1. The van der Waals surface area contributed by atoms with Crippen LogP contribution < -0.4 is 10.6 Å². The molecular formula is C17H18N2O4. The second kappa shape index (κ2) is 7.95. The highest BCUT2D eigenvalue weighted by Crippen LogP contribution is 2.14. The molecule has 0 radical (unpaired) electrons. The van der Waals surface area contributed by atoms with Crippen molar-refractivity contribution in [3.63, 3.8) is 0 Å². The number of carbonyl (C=O) groups is 2. The largest absolute Gasteiger partial charge is 0.450 e. The number of hydrogen-bond acceptors (Lipinski definition) is 4. The van der Waals surface area contributed by atoms with Crippen molar-refractivity contribution in [3.05, 3.63) is 59.7 Å². The lowest BCUT2D eigenvalue weighted by atomic mass is 10.1. The molecule has 0 saturated heterocycles. The van der Waals surface area contributed by atoms with Gasteiger partial charge in [-0.25, -0.2) is 4.79 Å². The Balaban J connectivity index is 2.01. The van der Waals surface area contributed by atoms with E-state index in [1.54, 1.807) is 55.5 Å². The van der Waals surface area contributed by atoms with Crippen LogP contribution in [0.1, 0.15) is 22.8 Å². The summed E-state index contributed by atoms with van der Waals surface area (Å²) in [4.78, 5) is 23.5. The maximum Gasteiger partial charge on any atom is 0.411 e. The van der Waals surface area contributed by atoms with Crippen LogP contribution in [-0.4, -0.2) is 23.7 Å². The standard InChI is InChI=1S/C17H18N2O4/c1-2-23-17(22)19-14-8-6-13(7-9-14)16(21)18-15-5-3-4-12(10-15)11-20/h3-10,20H,2,11H2,1H3,(H,18,21)(H,19,22). The molecule has 2 aromatic rings. The Kier molecular flexibility index (Phi) is 5.71. The van der Waals surface area contributed by atoms with E-state index in [0.29, 0.717) is 23.5 Å². The molecule has 23 heavy (non-hydrogen) atoms. The Morgan fingerprint density at radius 2 is 1.78 bits per heavy atom. The number of aliphatic hydroxyl groups is 1. The van der Waals surface area contributed by atoms with Crippen molar-refractivity contribution in [1.82, 2.24) is 0 Å². The van der Waals surface area contributed by atoms with Gasteiger partial charge in [0.05, 0.1) is 13.2 Å². The van der Waals surface area contributed by atoms with Gasteiger partial charge in [-0.05, 0) is 48.9 Å². The zero-order valence-electron chi connectivity index (χ0n) is 12.7. The van der Waals surface area contributed by atoms with E-state index in [-0.39, 0.29) is 12.5 Å². The predicted octanol–water partition coefficient (Wildman–Crippen LogP) is 3.00. The second-order valence-corrected chi connectivity index (χ2v) is 4.74. The van der Waals surface area contributed by atoms with Crippen LogP contribution in [0.15, 0.2) is 48.5 Å². The maximum atomic E-state index is 12.2. The van der Waals surface area contributed by atoms with Gasteiger partial charge in [-0.2, -0.15) is 0 Å². The molecule has 6 nitrogen and oxygen atoms in total. The van der Waals surface area contributed by atoms with Gasteiger partial charge in [0.1, 0.15) is 0 Å². The third-order valence-electron chi connectivity index (χ3n) is 3.04. The fourth-order valence-electron chi connectivity index (χ4n) is 1.94. The van der Waals surface area contributed by atoms with Crippen molar-refractivity contribution < 1.29 is 19.4 Å². The molecule has 0 fully saturated rings. The first-order valence-electron chi connectivity index (χ1n) is 7.17. The van der Waals surface area contributed by atoms with Crippen LogP contribution in [0.25, 0.3) is 0 Å². The van der Waals surface area contributed by atoms with Gasteiger partial charge in [-0.15, -0.1) is 0 Å². The summed E-state index contributed by atoms with van der Waals surface area (Å²) >= 11 is 0. The average Bonchev–Trinajstić information content (AvgIpc) is 2.56. The normalized spacial score (nSPS) is 10.0. The Morgan fingerprint density at radius 1 is 1.04 bits per heavy atom. The zero-order chi connectivity index (χ0) is 16.7. The van der Waals surface area contributed by atoms with Gasteiger partial charge < -0.3 is 15.2 Å². The smallest absolute Gasteiger partial charge is 0.411 e. The van der Waals surface area contributed by atoms with E-state index in [0.717, 1.165) is 5.56 Å². The fourth-order valence-corrected chi connectivity index (χ4v) is 1.94. The number of ether oxygens (including phenoxy) is 1. The summed E-state index contributed by atoms with van der Waals surface area (Å²) in [5, 5.41) is 14.4. The fraction of sp³-hybridized carbons (Fsp3) is 0.176. The number of rotatable bonds is 5. The van der Waals surface area contributed by atoms with Gasteiger partial charge >= 0.3 is 6.09 Å². The summed E-state index contributed by atoms with van der Waals surface area (Å²) in [5.74, 6) is -0.275. The van der Waals surface area contributed by atoms with E-state index >= 15 is 0 Å². The van der Waals surface area contributed by atoms with Crippen LogP contribution >= 0.6 is 0 Å². The van der Waals surface area contributed by atoms with Crippen molar-refractivity contribution in [1.29, 1.82) is 0 Å². The highest BCUT2D eigenvalue weighted by Gasteiger charge is 2.07. The predicted molar refractivity (Wildman–Crippen MR) is 87.4 cm³/mol. The summed E-state index contributed by atoms with van der Waals surface area (Å²) in [5.41, 5.74) is 2.32. The Morgan fingerprint density at radius 3 is 2.43 bits per heavy atom. The molecule has 3 N–H and O–H groups in total. The Labute approximate surface area is 134 Å². The van der Waals surface area contributed by atoms with E-state index in [9.17, 15) is 9.59 Å². The molecule has 6 heteroatoms. The molecule has 0 spiro atoms. The summed E-state index contributed by atoms with van der Waals surface area (Å²) in [6.07, 6.45) is -0.537. The number of hydrogen-bond donors (Lipinski definition) is 3. The van der Waals surface area contributed by atoms with Crippen molar-refractivity contribution in [2.45, 2.75) is 13.5 Å². The number of nitrogens with one attached hydrogen (secondary N) is 2. The van der Waals surface area contributed by atoms with Crippen LogP contribution in [0.3, 0.4) is 0 Å². The van der Waals surface area contributed by atoms with E-state index in [1.165, 1.54) is 0 Å². The van der Waals surface area contributed by atoms with Gasteiger partial charge in [0.2, 0.25) is 0 Å². The second-order valence-electron chi connectivity index (χ2n) is 4.74. The zero-order valence-corrected chi connectivity index (χ0v) is 12.7. The maximum absolute atomic E-state index is 12.2. The van der Waals surface area contributed by atoms with Gasteiger partial charge in [0.15, 0.2) is 0 Å². The first-order chi connectivity index (χ1) is 11.1. The number of carbonyl (C=O) groups excluding carboxylic acids is 2. The molecule has 0 unspecified atom stereocenters. The molecule has 0 saturated carbocycles. The Bertz CT molecular complexity index is 683. The van der Waals surface area contributed by atoms with Crippen LogP contribution in [0, 0.1) is 0 Å². The van der Waals surface area contributed by atoms with Gasteiger partial charge in [-0.1, -0.05) is 12.1 Å². The van der Waals surface area contributed by atoms with E-state index in [1.807, 2.05) is 0 Å². The van der Waals surface area contributed by atoms with Crippen molar-refractivity contribution in [2.75, 3.05) is 17.2 Å². The topological polar surface area (TPSA) is 87.7 Å². The number of aliphatic hydroxyl groups excluding tert-OH is 1. The average molecular weight is 314 g/mol.